The van der Waals surface area contributed by atoms with E-state index in [2.05, 4.69) is 5.32 Å². The lowest BCUT2D eigenvalue weighted by Gasteiger charge is -2.16. The number of carboxylic acids is 4. The van der Waals surface area contributed by atoms with Gasteiger partial charge in [-0.1, -0.05) is 26.0 Å². The van der Waals surface area contributed by atoms with E-state index in [0.717, 1.165) is 0 Å². The first-order valence-electron chi connectivity index (χ1n) is 10.5. The van der Waals surface area contributed by atoms with E-state index in [9.17, 15) is 19.2 Å². The smallest absolute Gasteiger partial charge is 0.338 e. The summed E-state index contributed by atoms with van der Waals surface area (Å²) >= 11 is 0. The summed E-state index contributed by atoms with van der Waals surface area (Å²) in [5, 5.41) is 54.7. The molecule has 12 nitrogen and oxygen atoms in total. The molecule has 0 saturated carbocycles. The molecule has 0 aliphatic carbocycles. The fourth-order valence-corrected chi connectivity index (χ4v) is 2.73. The van der Waals surface area contributed by atoms with E-state index in [0.29, 0.717) is 18.5 Å². The summed E-state index contributed by atoms with van der Waals surface area (Å²) in [6.07, 6.45) is 0.344. The molecule has 0 amide bonds. The van der Waals surface area contributed by atoms with Crippen LogP contribution < -0.4 is 11.1 Å². The second-order valence-corrected chi connectivity index (χ2v) is 7.56. The highest BCUT2D eigenvalue weighted by Crippen LogP contribution is 2.19. The summed E-state index contributed by atoms with van der Waals surface area (Å²) in [7, 11) is 0. The SMILES string of the molecule is CC(C)C(NCCC#N)C(=O)O.Cc1c(O)cccc1C(=O)O.Nc1cccc(C(=O)O)c1C(=O)O. The van der Waals surface area contributed by atoms with Crippen LogP contribution in [0, 0.1) is 24.2 Å². The van der Waals surface area contributed by atoms with Gasteiger partial charge in [-0.25, -0.2) is 14.4 Å². The van der Waals surface area contributed by atoms with Crippen LogP contribution >= 0.6 is 0 Å². The second kappa shape index (κ2) is 15.3. The number of anilines is 1. The summed E-state index contributed by atoms with van der Waals surface area (Å²) in [6, 6.07) is 9.76. The summed E-state index contributed by atoms with van der Waals surface area (Å²) in [6.45, 7) is 5.67. The number of phenols is 1. The number of nitrogens with two attached hydrogens (primary N) is 1. The van der Waals surface area contributed by atoms with Crippen LogP contribution in [-0.4, -0.2) is 62.0 Å². The number of nitrogens with zero attached hydrogens (tertiary/aromatic N) is 1. The van der Waals surface area contributed by atoms with Crippen molar-refractivity contribution in [3.8, 4) is 11.8 Å². The molecule has 2 aromatic rings. The van der Waals surface area contributed by atoms with Gasteiger partial charge in [0.15, 0.2) is 0 Å². The van der Waals surface area contributed by atoms with Crippen molar-refractivity contribution < 1.29 is 44.7 Å². The molecule has 0 heterocycles. The number of carboxylic acid groups (broad SMARTS) is 4. The molecule has 0 aliphatic rings. The number of phenolic OH excluding ortho intramolecular Hbond substituents is 1. The van der Waals surface area contributed by atoms with Crippen LogP contribution in [0.1, 0.15) is 56.9 Å². The Balaban J connectivity index is 0.000000512. The molecule has 0 radical (unpaired) electrons. The molecular weight excluding hydrogens is 474 g/mol. The maximum atomic E-state index is 10.6. The number of hydrogen-bond acceptors (Lipinski definition) is 8. The molecule has 0 saturated heterocycles. The van der Waals surface area contributed by atoms with Crippen molar-refractivity contribution in [2.24, 2.45) is 5.92 Å². The van der Waals surface area contributed by atoms with Gasteiger partial charge in [0.2, 0.25) is 0 Å². The van der Waals surface area contributed by atoms with Gasteiger partial charge in [0.05, 0.1) is 22.8 Å². The van der Waals surface area contributed by atoms with Gasteiger partial charge in [0, 0.05) is 24.2 Å². The van der Waals surface area contributed by atoms with Crippen molar-refractivity contribution >= 4 is 29.6 Å². The lowest BCUT2D eigenvalue weighted by Crippen LogP contribution is -2.41. The number of nitrogen functional groups attached to an aromatic ring is 1. The lowest BCUT2D eigenvalue weighted by molar-refractivity contribution is -0.140. The van der Waals surface area contributed by atoms with Gasteiger partial charge in [-0.15, -0.1) is 0 Å². The zero-order chi connectivity index (χ0) is 28.0. The van der Waals surface area contributed by atoms with Crippen LogP contribution in [0.5, 0.6) is 5.75 Å². The molecule has 2 aromatic carbocycles. The van der Waals surface area contributed by atoms with Gasteiger partial charge in [-0.3, -0.25) is 4.79 Å². The van der Waals surface area contributed by atoms with Crippen LogP contribution in [0.25, 0.3) is 0 Å². The van der Waals surface area contributed by atoms with Crippen molar-refractivity contribution in [1.82, 2.24) is 5.32 Å². The van der Waals surface area contributed by atoms with E-state index in [-0.39, 0.29) is 34.0 Å². The maximum absolute atomic E-state index is 10.6. The fourth-order valence-electron chi connectivity index (χ4n) is 2.73. The molecule has 1 unspecified atom stereocenters. The first-order valence-corrected chi connectivity index (χ1v) is 10.5. The standard InChI is InChI=1S/C8H14N2O2.C8H7NO4.C8H8O3/c1-6(2)7(8(11)12)10-5-3-4-9;9-5-3-1-2-4(7(10)11)6(5)8(12)13;1-5-6(8(10)11)3-2-4-7(5)9/h6-7,10H,3,5H2,1-2H3,(H,11,12);1-3H,9H2,(H,10,11)(H,12,13);2-4,9H,1H3,(H,10,11). The predicted octanol–water partition coefficient (Wildman–Crippen LogP) is 2.66. The minimum absolute atomic E-state index is 0.0184. The summed E-state index contributed by atoms with van der Waals surface area (Å²) < 4.78 is 0. The Kier molecular flexibility index (Phi) is 13.3. The monoisotopic (exact) mass is 503 g/mol. The Labute approximate surface area is 207 Å². The van der Waals surface area contributed by atoms with Crippen LogP contribution in [0.15, 0.2) is 36.4 Å². The minimum Gasteiger partial charge on any atom is -0.508 e. The number of aromatic hydroxyl groups is 1. The van der Waals surface area contributed by atoms with E-state index < -0.39 is 29.9 Å². The molecule has 12 heteroatoms. The highest BCUT2D eigenvalue weighted by molar-refractivity contribution is 6.05. The topological polar surface area (TPSA) is 231 Å². The first-order chi connectivity index (χ1) is 16.8. The van der Waals surface area contributed by atoms with Gasteiger partial charge in [-0.2, -0.15) is 5.26 Å². The van der Waals surface area contributed by atoms with Gasteiger partial charge in [0.1, 0.15) is 11.8 Å². The molecule has 0 bridgehead atoms. The first kappa shape index (κ1) is 31.4. The van der Waals surface area contributed by atoms with Gasteiger partial charge in [0.25, 0.3) is 0 Å². The van der Waals surface area contributed by atoms with Gasteiger partial charge in [-0.05, 0) is 37.1 Å². The zero-order valence-electron chi connectivity index (χ0n) is 19.9. The van der Waals surface area contributed by atoms with Crippen molar-refractivity contribution in [1.29, 1.82) is 5.26 Å². The highest BCUT2D eigenvalue weighted by Gasteiger charge is 2.20. The van der Waals surface area contributed by atoms with E-state index >= 15 is 0 Å². The molecule has 2 rings (SSSR count). The second-order valence-electron chi connectivity index (χ2n) is 7.56. The highest BCUT2D eigenvalue weighted by atomic mass is 16.4. The Morgan fingerprint density at radius 1 is 0.944 bits per heavy atom. The molecule has 36 heavy (non-hydrogen) atoms. The summed E-state index contributed by atoms with van der Waals surface area (Å²) in [5.74, 6) is -4.45. The maximum Gasteiger partial charge on any atom is 0.338 e. The van der Waals surface area contributed by atoms with Gasteiger partial charge < -0.3 is 36.6 Å². The van der Waals surface area contributed by atoms with E-state index in [4.69, 9.17) is 36.5 Å². The fraction of sp³-hybridized carbons (Fsp3) is 0.292. The van der Waals surface area contributed by atoms with Crippen molar-refractivity contribution in [2.75, 3.05) is 12.3 Å². The van der Waals surface area contributed by atoms with E-state index in [1.807, 2.05) is 19.9 Å². The average molecular weight is 504 g/mol. The third kappa shape index (κ3) is 10.1. The number of aliphatic carboxylic acids is 1. The van der Waals surface area contributed by atoms with Crippen molar-refractivity contribution in [3.63, 3.8) is 0 Å². The molecule has 0 aliphatic heterocycles. The Morgan fingerprint density at radius 3 is 1.86 bits per heavy atom. The molecule has 0 aromatic heterocycles. The molecule has 8 N–H and O–H groups in total. The summed E-state index contributed by atoms with van der Waals surface area (Å²) in [5.41, 5.74) is 5.15. The Bertz CT molecular complexity index is 1120. The molecule has 1 atom stereocenters. The minimum atomic E-state index is -1.34. The lowest BCUT2D eigenvalue weighted by atomic mass is 10.1. The third-order valence-electron chi connectivity index (χ3n) is 4.61. The number of nitriles is 1. The number of hydrogen-bond donors (Lipinski definition) is 7. The van der Waals surface area contributed by atoms with Gasteiger partial charge >= 0.3 is 23.9 Å². The number of benzene rings is 2. The number of carbonyl (C=O) groups is 4. The quantitative estimate of drug-likeness (QED) is 0.203. The van der Waals surface area contributed by atoms with E-state index in [1.165, 1.54) is 36.4 Å². The number of aromatic carboxylic acids is 3. The van der Waals surface area contributed by atoms with Crippen LogP contribution in [-0.2, 0) is 4.79 Å². The molecule has 0 fully saturated rings. The zero-order valence-corrected chi connectivity index (χ0v) is 19.9. The molecule has 194 valence electrons. The normalized spacial score (nSPS) is 10.5. The largest absolute Gasteiger partial charge is 0.508 e. The number of rotatable bonds is 8. The van der Waals surface area contributed by atoms with Crippen LogP contribution in [0.3, 0.4) is 0 Å². The Hall–Kier alpha value is -4.63. The van der Waals surface area contributed by atoms with E-state index in [1.54, 1.807) is 6.92 Å². The molecular formula is C24H29N3O9. The predicted molar refractivity (Wildman–Crippen MR) is 129 cm³/mol. The summed E-state index contributed by atoms with van der Waals surface area (Å²) in [4.78, 5) is 42.2. The average Bonchev–Trinajstić information content (AvgIpc) is 2.78. The van der Waals surface area contributed by atoms with Crippen LogP contribution in [0.2, 0.25) is 0 Å². The van der Waals surface area contributed by atoms with Crippen molar-refractivity contribution in [2.45, 2.75) is 33.2 Å². The third-order valence-corrected chi connectivity index (χ3v) is 4.61. The molecule has 0 spiro atoms. The van der Waals surface area contributed by atoms with Crippen molar-refractivity contribution in [3.05, 3.63) is 58.7 Å². The Morgan fingerprint density at radius 2 is 1.47 bits per heavy atom. The number of nitrogens with one attached hydrogen (secondary N) is 1. The van der Waals surface area contributed by atoms with Crippen LogP contribution in [0.4, 0.5) is 5.69 Å².